The summed E-state index contributed by atoms with van der Waals surface area (Å²) in [4.78, 5) is 22.3. The fourth-order valence-electron chi connectivity index (χ4n) is 4.67. The molecule has 2 N–H and O–H groups in total. The maximum Gasteiger partial charge on any atom is 0.228 e. The van der Waals surface area contributed by atoms with Gasteiger partial charge in [-0.05, 0) is 35.4 Å². The van der Waals surface area contributed by atoms with Crippen LogP contribution in [0.2, 0.25) is 0 Å². The van der Waals surface area contributed by atoms with Gasteiger partial charge in [-0.25, -0.2) is 9.83 Å². The standard InChI is InChI=1S/C25H20N6O/c1-27-20-4-2-16(3-5-20)17-11-23-25-28-8-9-30(25)22-7-6-21(10-18(22)14-29(23)13-17)31-15-19(26)12-24(31)32/h2-11,13,19H,12,14-15,26H2/t19-/m0/s1. The summed E-state index contributed by atoms with van der Waals surface area (Å²) in [5.41, 5.74) is 12.8. The number of imidazole rings is 1. The number of anilines is 1. The van der Waals surface area contributed by atoms with Gasteiger partial charge in [0.25, 0.3) is 0 Å². The largest absolute Gasteiger partial charge is 0.340 e. The lowest BCUT2D eigenvalue weighted by atomic mass is 10.1. The third-order valence-electron chi connectivity index (χ3n) is 6.23. The maximum absolute atomic E-state index is 12.4. The fraction of sp³-hybridized carbons (Fsp3) is 0.160. The van der Waals surface area contributed by atoms with Crippen LogP contribution in [0.15, 0.2) is 67.1 Å². The molecule has 2 aliphatic rings. The van der Waals surface area contributed by atoms with E-state index >= 15 is 0 Å². The molecule has 0 aliphatic carbocycles. The topological polar surface area (TPSA) is 73.4 Å². The molecule has 1 atom stereocenters. The van der Waals surface area contributed by atoms with Crippen molar-refractivity contribution in [3.63, 3.8) is 0 Å². The van der Waals surface area contributed by atoms with Crippen molar-refractivity contribution in [2.45, 2.75) is 19.0 Å². The molecule has 1 fully saturated rings. The minimum absolute atomic E-state index is 0.0705. The van der Waals surface area contributed by atoms with Crippen LogP contribution in [0.1, 0.15) is 12.0 Å². The molecule has 0 radical (unpaired) electrons. The second kappa shape index (κ2) is 6.94. The SMILES string of the molecule is [C-]#[N+]c1ccc(-c2cc3n(c2)Cc2cc(N4C[C@@H](N)CC4=O)ccc2-n2ccnc2-3)cc1. The molecule has 4 aromatic rings. The first-order valence-electron chi connectivity index (χ1n) is 10.5. The molecule has 0 bridgehead atoms. The molecule has 1 saturated heterocycles. The van der Waals surface area contributed by atoms with Gasteiger partial charge >= 0.3 is 0 Å². The number of hydrogen-bond acceptors (Lipinski definition) is 3. The molecule has 7 nitrogen and oxygen atoms in total. The van der Waals surface area contributed by atoms with E-state index in [2.05, 4.69) is 43.4 Å². The normalized spacial score (nSPS) is 16.8. The van der Waals surface area contributed by atoms with E-state index in [1.807, 2.05) is 42.7 Å². The van der Waals surface area contributed by atoms with Gasteiger partial charge in [-0.15, -0.1) is 0 Å². The summed E-state index contributed by atoms with van der Waals surface area (Å²) in [6.45, 7) is 8.37. The lowest BCUT2D eigenvalue weighted by molar-refractivity contribution is -0.117. The lowest BCUT2D eigenvalue weighted by Crippen LogP contribution is -2.28. The van der Waals surface area contributed by atoms with E-state index < -0.39 is 0 Å². The molecular formula is C25H20N6O. The average Bonchev–Trinajstić information content (AvgIpc) is 3.51. The molecule has 2 aromatic carbocycles. The van der Waals surface area contributed by atoms with E-state index in [4.69, 9.17) is 12.3 Å². The van der Waals surface area contributed by atoms with Crippen molar-refractivity contribution in [1.82, 2.24) is 14.1 Å². The Morgan fingerprint density at radius 2 is 1.94 bits per heavy atom. The van der Waals surface area contributed by atoms with Crippen molar-refractivity contribution < 1.29 is 4.79 Å². The number of benzene rings is 2. The van der Waals surface area contributed by atoms with Crippen LogP contribution < -0.4 is 10.6 Å². The van der Waals surface area contributed by atoms with Crippen LogP contribution in [-0.4, -0.2) is 32.6 Å². The van der Waals surface area contributed by atoms with Crippen LogP contribution in [0, 0.1) is 6.57 Å². The van der Waals surface area contributed by atoms with Gasteiger partial charge in [0.1, 0.15) is 0 Å². The molecule has 0 saturated carbocycles. The lowest BCUT2D eigenvalue weighted by Gasteiger charge is -2.19. The Morgan fingerprint density at radius 1 is 1.09 bits per heavy atom. The van der Waals surface area contributed by atoms with Gasteiger partial charge in [-0.2, -0.15) is 0 Å². The van der Waals surface area contributed by atoms with Crippen LogP contribution in [0.5, 0.6) is 0 Å². The number of amides is 1. The van der Waals surface area contributed by atoms with Crippen LogP contribution in [-0.2, 0) is 11.3 Å². The van der Waals surface area contributed by atoms with Gasteiger partial charge in [-0.1, -0.05) is 24.3 Å². The summed E-state index contributed by atoms with van der Waals surface area (Å²) in [7, 11) is 0. The maximum atomic E-state index is 12.4. The van der Waals surface area contributed by atoms with Crippen molar-refractivity contribution in [3.8, 4) is 28.3 Å². The average molecular weight is 420 g/mol. The fourth-order valence-corrected chi connectivity index (χ4v) is 4.67. The van der Waals surface area contributed by atoms with Crippen molar-refractivity contribution in [2.75, 3.05) is 11.4 Å². The number of carbonyl (C=O) groups excluding carboxylic acids is 1. The first kappa shape index (κ1) is 18.6. The molecule has 2 aliphatic heterocycles. The van der Waals surface area contributed by atoms with Gasteiger partial charge in [0, 0.05) is 55.4 Å². The summed E-state index contributed by atoms with van der Waals surface area (Å²) in [5, 5.41) is 0. The third-order valence-corrected chi connectivity index (χ3v) is 6.23. The number of nitrogens with two attached hydrogens (primary N) is 1. The van der Waals surface area contributed by atoms with E-state index in [1.165, 1.54) is 0 Å². The summed E-state index contributed by atoms with van der Waals surface area (Å²) in [6, 6.07) is 15.8. The van der Waals surface area contributed by atoms with Crippen LogP contribution in [0.4, 0.5) is 11.4 Å². The minimum Gasteiger partial charge on any atom is -0.340 e. The van der Waals surface area contributed by atoms with Crippen LogP contribution in [0.25, 0.3) is 33.2 Å². The summed E-state index contributed by atoms with van der Waals surface area (Å²) < 4.78 is 4.30. The summed E-state index contributed by atoms with van der Waals surface area (Å²) in [5.74, 6) is 0.945. The molecule has 7 heteroatoms. The van der Waals surface area contributed by atoms with Gasteiger partial charge in [0.05, 0.1) is 18.0 Å². The highest BCUT2D eigenvalue weighted by Gasteiger charge is 2.29. The van der Waals surface area contributed by atoms with Crippen molar-refractivity contribution >= 4 is 17.3 Å². The first-order chi connectivity index (χ1) is 15.6. The van der Waals surface area contributed by atoms with Crippen molar-refractivity contribution in [2.24, 2.45) is 5.73 Å². The molecule has 6 rings (SSSR count). The van der Waals surface area contributed by atoms with E-state index in [1.54, 1.807) is 4.90 Å². The molecule has 156 valence electrons. The van der Waals surface area contributed by atoms with Crippen LogP contribution >= 0.6 is 0 Å². The first-order valence-corrected chi connectivity index (χ1v) is 10.5. The molecule has 0 unspecified atom stereocenters. The highest BCUT2D eigenvalue weighted by atomic mass is 16.2. The molecular weight excluding hydrogens is 400 g/mol. The summed E-state index contributed by atoms with van der Waals surface area (Å²) in [6.07, 6.45) is 6.29. The van der Waals surface area contributed by atoms with Gasteiger partial charge in [0.15, 0.2) is 11.5 Å². The van der Waals surface area contributed by atoms with Crippen molar-refractivity contribution in [3.05, 3.63) is 84.1 Å². The highest BCUT2D eigenvalue weighted by Crippen LogP contribution is 2.36. The quantitative estimate of drug-likeness (QED) is 0.439. The van der Waals surface area contributed by atoms with Crippen LogP contribution in [0.3, 0.4) is 0 Å². The molecule has 32 heavy (non-hydrogen) atoms. The number of nitrogens with zero attached hydrogens (tertiary/aromatic N) is 5. The smallest absolute Gasteiger partial charge is 0.228 e. The van der Waals surface area contributed by atoms with E-state index in [0.717, 1.165) is 39.6 Å². The second-order valence-corrected chi connectivity index (χ2v) is 8.30. The number of hydrogen-bond donors (Lipinski definition) is 1. The Kier molecular flexibility index (Phi) is 4.03. The Balaban J connectivity index is 1.45. The number of rotatable bonds is 2. The molecule has 2 aromatic heterocycles. The van der Waals surface area contributed by atoms with Gasteiger partial charge in [0.2, 0.25) is 5.91 Å². The molecule has 0 spiro atoms. The van der Waals surface area contributed by atoms with E-state index in [0.29, 0.717) is 25.2 Å². The predicted octanol–water partition coefficient (Wildman–Crippen LogP) is 3.98. The Hall–Kier alpha value is -4.15. The Bertz CT molecular complexity index is 1410. The zero-order valence-corrected chi connectivity index (χ0v) is 17.3. The summed E-state index contributed by atoms with van der Waals surface area (Å²) >= 11 is 0. The zero-order valence-electron chi connectivity index (χ0n) is 17.3. The van der Waals surface area contributed by atoms with E-state index in [9.17, 15) is 4.79 Å². The number of aromatic nitrogens is 3. The molecule has 1 amide bonds. The van der Waals surface area contributed by atoms with E-state index in [-0.39, 0.29) is 11.9 Å². The monoisotopic (exact) mass is 420 g/mol. The zero-order chi connectivity index (χ0) is 21.8. The molecule has 4 heterocycles. The van der Waals surface area contributed by atoms with Gasteiger partial charge in [-0.3, -0.25) is 9.36 Å². The minimum atomic E-state index is -0.116. The Labute approximate surface area is 185 Å². The number of carbonyl (C=O) groups is 1. The third kappa shape index (κ3) is 2.85. The van der Waals surface area contributed by atoms with Gasteiger partial charge < -0.3 is 15.2 Å². The highest BCUT2D eigenvalue weighted by molar-refractivity contribution is 5.96. The predicted molar refractivity (Wildman–Crippen MR) is 123 cm³/mol. The Morgan fingerprint density at radius 3 is 2.69 bits per heavy atom. The number of fused-ring (bicyclic) bond motifs is 5. The van der Waals surface area contributed by atoms with Crippen molar-refractivity contribution in [1.29, 1.82) is 0 Å². The second-order valence-electron chi connectivity index (χ2n) is 8.30.